The first-order valence-electron chi connectivity index (χ1n) is 11.8. The molecular formula is C27H31FN2O3. The molecule has 1 aromatic heterocycles. The topological polar surface area (TPSA) is 62.4 Å². The van der Waals surface area contributed by atoms with Crippen LogP contribution in [-0.2, 0) is 20.7 Å². The van der Waals surface area contributed by atoms with Crippen molar-refractivity contribution in [3.8, 4) is 0 Å². The van der Waals surface area contributed by atoms with E-state index in [1.54, 1.807) is 19.1 Å². The normalized spacial score (nSPS) is 15.5. The zero-order valence-corrected chi connectivity index (χ0v) is 19.3. The van der Waals surface area contributed by atoms with Crippen LogP contribution < -0.4 is 0 Å². The number of hydrogen-bond donors (Lipinski definition) is 1. The fourth-order valence-corrected chi connectivity index (χ4v) is 4.85. The standard InChI is InChI=1S/C27H31FN2O3/c1-3-18-6-5-7-22-24(17-29-26(18)22)23(19-8-10-21(28)11-9-19)16-25(31)30-14-12-20(13-15-30)27(32)33-4-2/h5-11,17,20,23,29H,3-4,12-16H2,1-2H3. The van der Waals surface area contributed by atoms with Crippen LogP contribution in [-0.4, -0.2) is 41.5 Å². The molecule has 1 unspecified atom stereocenters. The van der Waals surface area contributed by atoms with Crippen LogP contribution in [0.3, 0.4) is 0 Å². The number of rotatable bonds is 7. The predicted octanol–water partition coefficient (Wildman–Crippen LogP) is 5.19. The zero-order valence-electron chi connectivity index (χ0n) is 19.3. The molecule has 2 aromatic carbocycles. The number of benzene rings is 2. The summed E-state index contributed by atoms with van der Waals surface area (Å²) >= 11 is 0. The van der Waals surface area contributed by atoms with Gasteiger partial charge in [0, 0.05) is 42.5 Å². The second kappa shape index (κ2) is 10.2. The number of hydrogen-bond acceptors (Lipinski definition) is 3. The first kappa shape index (κ1) is 23.0. The van der Waals surface area contributed by atoms with E-state index in [1.807, 2.05) is 17.2 Å². The number of nitrogens with zero attached hydrogens (tertiary/aromatic N) is 1. The number of aromatic amines is 1. The average Bonchev–Trinajstić information content (AvgIpc) is 3.27. The third-order valence-corrected chi connectivity index (χ3v) is 6.71. The van der Waals surface area contributed by atoms with E-state index in [4.69, 9.17) is 4.74 Å². The quantitative estimate of drug-likeness (QED) is 0.504. The van der Waals surface area contributed by atoms with Crippen molar-refractivity contribution in [2.45, 2.75) is 45.4 Å². The van der Waals surface area contributed by atoms with Crippen LogP contribution in [0.5, 0.6) is 0 Å². The number of ether oxygens (including phenoxy) is 1. The maximum absolute atomic E-state index is 13.6. The highest BCUT2D eigenvalue weighted by Crippen LogP contribution is 2.35. The van der Waals surface area contributed by atoms with Gasteiger partial charge in [-0.3, -0.25) is 9.59 Å². The maximum atomic E-state index is 13.6. The van der Waals surface area contributed by atoms with E-state index < -0.39 is 0 Å². The third-order valence-electron chi connectivity index (χ3n) is 6.71. The number of carbonyl (C=O) groups is 2. The van der Waals surface area contributed by atoms with Gasteiger partial charge in [0.1, 0.15) is 5.82 Å². The number of H-pyrrole nitrogens is 1. The van der Waals surface area contributed by atoms with Crippen LogP contribution in [0.2, 0.25) is 0 Å². The van der Waals surface area contributed by atoms with E-state index in [2.05, 4.69) is 24.0 Å². The van der Waals surface area contributed by atoms with Crippen molar-refractivity contribution < 1.29 is 18.7 Å². The number of carbonyl (C=O) groups excluding carboxylic acids is 2. The third kappa shape index (κ3) is 4.95. The lowest BCUT2D eigenvalue weighted by molar-refractivity contribution is -0.151. The number of nitrogens with one attached hydrogen (secondary N) is 1. The Balaban J connectivity index is 1.58. The van der Waals surface area contributed by atoms with Crippen molar-refractivity contribution in [1.29, 1.82) is 0 Å². The van der Waals surface area contributed by atoms with Gasteiger partial charge in [-0.25, -0.2) is 4.39 Å². The molecule has 4 rings (SSSR count). The van der Waals surface area contributed by atoms with Gasteiger partial charge in [-0.1, -0.05) is 37.3 Å². The van der Waals surface area contributed by atoms with E-state index >= 15 is 0 Å². The van der Waals surface area contributed by atoms with Gasteiger partial charge < -0.3 is 14.6 Å². The molecule has 174 valence electrons. The predicted molar refractivity (Wildman–Crippen MR) is 126 cm³/mol. The Morgan fingerprint density at radius 1 is 1.12 bits per heavy atom. The summed E-state index contributed by atoms with van der Waals surface area (Å²) in [6.45, 7) is 5.40. The maximum Gasteiger partial charge on any atom is 0.309 e. The largest absolute Gasteiger partial charge is 0.466 e. The molecule has 3 aromatic rings. The van der Waals surface area contributed by atoms with Crippen molar-refractivity contribution in [2.75, 3.05) is 19.7 Å². The Morgan fingerprint density at radius 2 is 1.85 bits per heavy atom. The lowest BCUT2D eigenvalue weighted by Crippen LogP contribution is -2.41. The van der Waals surface area contributed by atoms with Crippen LogP contribution in [0.1, 0.15) is 55.7 Å². The molecule has 6 heteroatoms. The zero-order chi connectivity index (χ0) is 23.4. The summed E-state index contributed by atoms with van der Waals surface area (Å²) in [5.74, 6) is -0.742. The van der Waals surface area contributed by atoms with E-state index in [9.17, 15) is 14.0 Å². The SMILES string of the molecule is CCOC(=O)C1CCN(C(=O)CC(c2ccc(F)cc2)c2c[nH]c3c(CC)cccc23)CC1. The highest BCUT2D eigenvalue weighted by atomic mass is 19.1. The molecule has 0 saturated carbocycles. The molecule has 2 heterocycles. The number of aryl methyl sites for hydroxylation is 1. The Kier molecular flexibility index (Phi) is 7.11. The van der Waals surface area contributed by atoms with Gasteiger partial charge in [0.25, 0.3) is 0 Å². The second-order valence-electron chi connectivity index (χ2n) is 8.65. The van der Waals surface area contributed by atoms with E-state index in [0.717, 1.165) is 28.5 Å². The van der Waals surface area contributed by atoms with Crippen LogP contribution in [0.4, 0.5) is 4.39 Å². The molecule has 0 aliphatic carbocycles. The number of amides is 1. The number of halogens is 1. The molecule has 0 spiro atoms. The highest BCUT2D eigenvalue weighted by molar-refractivity contribution is 5.88. The van der Waals surface area contributed by atoms with Gasteiger partial charge in [0.2, 0.25) is 5.91 Å². The van der Waals surface area contributed by atoms with Gasteiger partial charge >= 0.3 is 5.97 Å². The number of aromatic nitrogens is 1. The molecule has 0 radical (unpaired) electrons. The van der Waals surface area contributed by atoms with Crippen molar-refractivity contribution in [1.82, 2.24) is 9.88 Å². The lowest BCUT2D eigenvalue weighted by Gasteiger charge is -2.32. The van der Waals surface area contributed by atoms with Crippen LogP contribution in [0, 0.1) is 11.7 Å². The van der Waals surface area contributed by atoms with Gasteiger partial charge in [0.05, 0.1) is 12.5 Å². The van der Waals surface area contributed by atoms with Crippen molar-refractivity contribution in [3.63, 3.8) is 0 Å². The Bertz CT molecular complexity index is 1110. The van der Waals surface area contributed by atoms with Crippen LogP contribution in [0.15, 0.2) is 48.7 Å². The Labute approximate surface area is 193 Å². The number of fused-ring (bicyclic) bond motifs is 1. The number of likely N-dealkylation sites (tertiary alicyclic amines) is 1. The second-order valence-corrected chi connectivity index (χ2v) is 8.65. The highest BCUT2D eigenvalue weighted by Gasteiger charge is 2.30. The van der Waals surface area contributed by atoms with Crippen molar-refractivity contribution in [3.05, 3.63) is 71.2 Å². The first-order valence-corrected chi connectivity index (χ1v) is 11.8. The fourth-order valence-electron chi connectivity index (χ4n) is 4.85. The summed E-state index contributed by atoms with van der Waals surface area (Å²) in [6, 6.07) is 12.7. The monoisotopic (exact) mass is 450 g/mol. The smallest absolute Gasteiger partial charge is 0.309 e. The molecule has 1 fully saturated rings. The van der Waals surface area contributed by atoms with Gasteiger partial charge in [-0.05, 0) is 55.0 Å². The van der Waals surface area contributed by atoms with Crippen molar-refractivity contribution >= 4 is 22.8 Å². The molecule has 1 atom stereocenters. The summed E-state index contributed by atoms with van der Waals surface area (Å²) < 4.78 is 18.8. The molecule has 1 saturated heterocycles. The molecule has 1 aliphatic heterocycles. The molecule has 1 amide bonds. The van der Waals surface area contributed by atoms with Crippen LogP contribution in [0.25, 0.3) is 10.9 Å². The molecule has 5 nitrogen and oxygen atoms in total. The number of esters is 1. The average molecular weight is 451 g/mol. The number of para-hydroxylation sites is 1. The first-order chi connectivity index (χ1) is 16.0. The van der Waals surface area contributed by atoms with Gasteiger partial charge in [-0.2, -0.15) is 0 Å². The van der Waals surface area contributed by atoms with Gasteiger partial charge in [0.15, 0.2) is 0 Å². The molecule has 1 N–H and O–H groups in total. The Hall–Kier alpha value is -3.15. The summed E-state index contributed by atoms with van der Waals surface area (Å²) in [7, 11) is 0. The summed E-state index contributed by atoms with van der Waals surface area (Å²) in [6.07, 6.45) is 4.43. The van der Waals surface area contributed by atoms with E-state index in [-0.39, 0.29) is 29.5 Å². The summed E-state index contributed by atoms with van der Waals surface area (Å²) in [5, 5.41) is 1.09. The minimum absolute atomic E-state index is 0.0487. The minimum Gasteiger partial charge on any atom is -0.466 e. The molecule has 1 aliphatic rings. The van der Waals surface area contributed by atoms with Gasteiger partial charge in [-0.15, -0.1) is 0 Å². The Morgan fingerprint density at radius 3 is 2.52 bits per heavy atom. The van der Waals surface area contributed by atoms with E-state index in [1.165, 1.54) is 17.7 Å². The molecule has 0 bridgehead atoms. The van der Waals surface area contributed by atoms with E-state index in [0.29, 0.717) is 39.0 Å². The summed E-state index contributed by atoms with van der Waals surface area (Å²) in [4.78, 5) is 30.6. The minimum atomic E-state index is -0.294. The molecule has 33 heavy (non-hydrogen) atoms. The fraction of sp³-hybridized carbons (Fsp3) is 0.407. The summed E-state index contributed by atoms with van der Waals surface area (Å²) in [5.41, 5.74) is 4.27. The lowest BCUT2D eigenvalue weighted by atomic mass is 9.87. The van der Waals surface area contributed by atoms with Crippen LogP contribution >= 0.6 is 0 Å². The molecular weight excluding hydrogens is 419 g/mol. The van der Waals surface area contributed by atoms with Crippen molar-refractivity contribution in [2.24, 2.45) is 5.92 Å². The number of piperidine rings is 1.